The fourth-order valence-corrected chi connectivity index (χ4v) is 4.23. The zero-order chi connectivity index (χ0) is 14.8. The second kappa shape index (κ2) is 6.37. The predicted octanol–water partition coefficient (Wildman–Crippen LogP) is 3.19. The van der Waals surface area contributed by atoms with E-state index in [4.69, 9.17) is 0 Å². The maximum atomic E-state index is 9.84. The molecule has 2 atom stereocenters. The highest BCUT2D eigenvalue weighted by molar-refractivity contribution is 5.38. The molecule has 3 rings (SSSR count). The molecule has 1 saturated heterocycles. The Balaban J connectivity index is 1.76. The van der Waals surface area contributed by atoms with Crippen LogP contribution in [0.5, 0.6) is 5.75 Å². The molecule has 1 aromatic carbocycles. The van der Waals surface area contributed by atoms with Crippen LogP contribution in [-0.2, 0) is 6.42 Å². The van der Waals surface area contributed by atoms with Gasteiger partial charge in [-0.25, -0.2) is 0 Å². The van der Waals surface area contributed by atoms with Gasteiger partial charge in [0.15, 0.2) is 0 Å². The van der Waals surface area contributed by atoms with E-state index in [1.807, 2.05) is 12.1 Å². The van der Waals surface area contributed by atoms with Crippen LogP contribution >= 0.6 is 0 Å². The van der Waals surface area contributed by atoms with Crippen molar-refractivity contribution in [2.24, 2.45) is 0 Å². The predicted molar refractivity (Wildman–Crippen MR) is 86.7 cm³/mol. The summed E-state index contributed by atoms with van der Waals surface area (Å²) < 4.78 is 0. The molecule has 3 heteroatoms. The Kier molecular flexibility index (Phi) is 4.51. The van der Waals surface area contributed by atoms with Crippen molar-refractivity contribution < 1.29 is 5.11 Å². The van der Waals surface area contributed by atoms with Gasteiger partial charge in [-0.15, -0.1) is 0 Å². The van der Waals surface area contributed by atoms with Gasteiger partial charge < -0.3 is 5.11 Å². The molecule has 0 amide bonds. The Hall–Kier alpha value is -1.06. The number of phenolic OH excluding ortho intramolecular Hbond substituents is 1. The highest BCUT2D eigenvalue weighted by Gasteiger charge is 2.33. The van der Waals surface area contributed by atoms with Crippen LogP contribution in [0.25, 0.3) is 0 Å². The molecule has 116 valence electrons. The van der Waals surface area contributed by atoms with E-state index in [-0.39, 0.29) is 0 Å². The van der Waals surface area contributed by atoms with Crippen molar-refractivity contribution in [3.63, 3.8) is 0 Å². The number of hydrogen-bond donors (Lipinski definition) is 1. The molecular formula is C18H28N2O. The van der Waals surface area contributed by atoms with E-state index in [0.29, 0.717) is 17.8 Å². The maximum Gasteiger partial charge on any atom is 0.115 e. The average Bonchev–Trinajstić information content (AvgIpc) is 2.97. The van der Waals surface area contributed by atoms with Crippen LogP contribution in [0.3, 0.4) is 0 Å². The van der Waals surface area contributed by atoms with Crippen molar-refractivity contribution in [3.8, 4) is 5.75 Å². The molecule has 0 spiro atoms. The number of likely N-dealkylation sites (N-methyl/N-ethyl adjacent to an activating group) is 1. The Bertz CT molecular complexity index is 484. The zero-order valence-electron chi connectivity index (χ0n) is 13.4. The Morgan fingerprint density at radius 2 is 2.05 bits per heavy atom. The normalized spacial score (nSPS) is 26.2. The summed E-state index contributed by atoms with van der Waals surface area (Å²) in [6.45, 7) is 9.21. The van der Waals surface area contributed by atoms with E-state index in [2.05, 4.69) is 29.7 Å². The summed E-state index contributed by atoms with van der Waals surface area (Å²) >= 11 is 0. The van der Waals surface area contributed by atoms with Gasteiger partial charge in [0.1, 0.15) is 5.75 Å². The van der Waals surface area contributed by atoms with Gasteiger partial charge in [-0.2, -0.15) is 0 Å². The molecule has 1 heterocycles. The molecule has 1 aliphatic heterocycles. The number of rotatable bonds is 4. The van der Waals surface area contributed by atoms with Crippen LogP contribution < -0.4 is 0 Å². The van der Waals surface area contributed by atoms with Gasteiger partial charge in [0.2, 0.25) is 0 Å². The summed E-state index contributed by atoms with van der Waals surface area (Å²) in [5.41, 5.74) is 2.82. The minimum Gasteiger partial charge on any atom is -0.508 e. The van der Waals surface area contributed by atoms with E-state index in [0.717, 1.165) is 13.1 Å². The molecule has 3 nitrogen and oxygen atoms in total. The summed E-state index contributed by atoms with van der Waals surface area (Å²) in [6.07, 6.45) is 4.96. The summed E-state index contributed by atoms with van der Waals surface area (Å²) in [7, 11) is 0. The zero-order valence-corrected chi connectivity index (χ0v) is 13.4. The van der Waals surface area contributed by atoms with Crippen molar-refractivity contribution in [1.29, 1.82) is 0 Å². The van der Waals surface area contributed by atoms with E-state index in [1.165, 1.54) is 49.9 Å². The lowest BCUT2D eigenvalue weighted by atomic mass is 9.86. The van der Waals surface area contributed by atoms with Gasteiger partial charge in [0, 0.05) is 25.2 Å². The fourth-order valence-electron chi connectivity index (χ4n) is 4.23. The molecule has 1 fully saturated rings. The summed E-state index contributed by atoms with van der Waals surface area (Å²) in [5.74, 6) is 0.417. The Morgan fingerprint density at radius 3 is 2.81 bits per heavy atom. The molecule has 1 N–H and O–H groups in total. The molecule has 2 unspecified atom stereocenters. The quantitative estimate of drug-likeness (QED) is 0.922. The molecule has 1 aliphatic carbocycles. The highest BCUT2D eigenvalue weighted by Crippen LogP contribution is 2.38. The molecule has 0 saturated carbocycles. The topological polar surface area (TPSA) is 26.7 Å². The SMILES string of the molecule is CCN(CC)C1CCN(C2CCCc3ccc(O)cc32)C1. The van der Waals surface area contributed by atoms with E-state index in [1.54, 1.807) is 0 Å². The van der Waals surface area contributed by atoms with Gasteiger partial charge >= 0.3 is 0 Å². The second-order valence-corrected chi connectivity index (χ2v) is 6.45. The van der Waals surface area contributed by atoms with Gasteiger partial charge in [0.05, 0.1) is 0 Å². The molecule has 21 heavy (non-hydrogen) atoms. The van der Waals surface area contributed by atoms with Gasteiger partial charge in [-0.05, 0) is 62.0 Å². The van der Waals surface area contributed by atoms with Crippen molar-refractivity contribution >= 4 is 0 Å². The van der Waals surface area contributed by atoms with Crippen LogP contribution in [0.1, 0.15) is 50.3 Å². The Labute approximate surface area is 128 Å². The average molecular weight is 288 g/mol. The smallest absolute Gasteiger partial charge is 0.115 e. The molecule has 2 aliphatic rings. The minimum atomic E-state index is 0.417. The van der Waals surface area contributed by atoms with Crippen molar-refractivity contribution in [2.45, 2.75) is 51.6 Å². The molecular weight excluding hydrogens is 260 g/mol. The van der Waals surface area contributed by atoms with Crippen LogP contribution in [-0.4, -0.2) is 47.1 Å². The molecule has 0 radical (unpaired) electrons. The number of fused-ring (bicyclic) bond motifs is 1. The van der Waals surface area contributed by atoms with Crippen molar-refractivity contribution in [2.75, 3.05) is 26.2 Å². The van der Waals surface area contributed by atoms with Crippen molar-refractivity contribution in [1.82, 2.24) is 9.80 Å². The van der Waals surface area contributed by atoms with E-state index >= 15 is 0 Å². The molecule has 0 bridgehead atoms. The number of aromatic hydroxyl groups is 1. The van der Waals surface area contributed by atoms with E-state index in [9.17, 15) is 5.11 Å². The third-order valence-corrected chi connectivity index (χ3v) is 5.38. The first-order valence-electron chi connectivity index (χ1n) is 8.52. The van der Waals surface area contributed by atoms with Gasteiger partial charge in [0.25, 0.3) is 0 Å². The number of phenols is 1. The lowest BCUT2D eigenvalue weighted by Crippen LogP contribution is -2.38. The second-order valence-electron chi connectivity index (χ2n) is 6.45. The van der Waals surface area contributed by atoms with Crippen LogP contribution in [0.2, 0.25) is 0 Å². The number of hydrogen-bond acceptors (Lipinski definition) is 3. The number of likely N-dealkylation sites (tertiary alicyclic amines) is 1. The molecule has 0 aromatic heterocycles. The number of benzene rings is 1. The number of aryl methyl sites for hydroxylation is 1. The van der Waals surface area contributed by atoms with Crippen LogP contribution in [0, 0.1) is 0 Å². The van der Waals surface area contributed by atoms with Crippen molar-refractivity contribution in [3.05, 3.63) is 29.3 Å². The largest absolute Gasteiger partial charge is 0.508 e. The third kappa shape index (κ3) is 2.95. The third-order valence-electron chi connectivity index (χ3n) is 5.38. The van der Waals surface area contributed by atoms with Gasteiger partial charge in [-0.3, -0.25) is 9.80 Å². The summed E-state index contributed by atoms with van der Waals surface area (Å²) in [4.78, 5) is 5.24. The Morgan fingerprint density at radius 1 is 1.24 bits per heavy atom. The monoisotopic (exact) mass is 288 g/mol. The lowest BCUT2D eigenvalue weighted by molar-refractivity contribution is 0.177. The number of nitrogens with zero attached hydrogens (tertiary/aromatic N) is 2. The first kappa shape index (κ1) is 14.9. The van der Waals surface area contributed by atoms with E-state index < -0.39 is 0 Å². The summed E-state index contributed by atoms with van der Waals surface area (Å²) in [6, 6.07) is 7.19. The standard InChI is InChI=1S/C18H28N2O/c1-3-19(4-2)15-10-11-20(13-15)18-7-5-6-14-8-9-16(21)12-17(14)18/h8-9,12,15,18,21H,3-7,10-11,13H2,1-2H3. The first-order chi connectivity index (χ1) is 10.2. The lowest BCUT2D eigenvalue weighted by Gasteiger charge is -2.34. The van der Waals surface area contributed by atoms with Gasteiger partial charge in [-0.1, -0.05) is 19.9 Å². The summed E-state index contributed by atoms with van der Waals surface area (Å²) in [5, 5.41) is 9.84. The molecule has 1 aromatic rings. The maximum absolute atomic E-state index is 9.84. The first-order valence-corrected chi connectivity index (χ1v) is 8.52. The fraction of sp³-hybridized carbons (Fsp3) is 0.667. The minimum absolute atomic E-state index is 0.417. The highest BCUT2D eigenvalue weighted by atomic mass is 16.3. The van der Waals surface area contributed by atoms with Crippen LogP contribution in [0.4, 0.5) is 0 Å². The van der Waals surface area contributed by atoms with Crippen LogP contribution in [0.15, 0.2) is 18.2 Å².